The molecule has 198 valence electrons. The molecule has 0 saturated carbocycles. The number of hydrogen-bond acceptors (Lipinski definition) is 10. The van der Waals surface area contributed by atoms with Crippen molar-refractivity contribution in [2.45, 2.75) is 54.8 Å². The van der Waals surface area contributed by atoms with Gasteiger partial charge in [-0.2, -0.15) is 0 Å². The number of methoxy groups -OCH3 is 1. The van der Waals surface area contributed by atoms with Crippen LogP contribution in [-0.2, 0) is 37.6 Å². The number of thioether (sulfide) groups is 1. The van der Waals surface area contributed by atoms with Gasteiger partial charge in [-0.15, -0.1) is 5.10 Å². The molecule has 1 aromatic carbocycles. The minimum Gasteiger partial charge on any atom is -0.478 e. The summed E-state index contributed by atoms with van der Waals surface area (Å²) in [5, 5.41) is 19.4. The average Bonchev–Trinajstić information content (AvgIpc) is 3.22. The number of aryl methyl sites for hydroxylation is 1. The van der Waals surface area contributed by atoms with E-state index < -0.39 is 48.5 Å². The van der Waals surface area contributed by atoms with Gasteiger partial charge in [0.1, 0.15) is 0 Å². The molecule has 1 unspecified atom stereocenters. The number of hydrogen-bond donors (Lipinski definition) is 1. The highest BCUT2D eigenvalue weighted by Gasteiger charge is 2.68. The Kier molecular flexibility index (Phi) is 6.57. The van der Waals surface area contributed by atoms with E-state index >= 15 is 0 Å². The van der Waals surface area contributed by atoms with Crippen molar-refractivity contribution in [3.63, 3.8) is 0 Å². The standard InChI is InChI=1S/C23H27N5O7S2/c1-12-15(17(29)22(2,3)4)28-18(30)16(35-6)19(28)37(33,34)23(12,36-21-24-25-26-27(21)5)11-13-7-9-14(10-8-13)20(31)32/h7-10,16,19H,11H2,1-6H3,(H,31,32)/t16-,19-,23?/m0/s1. The molecular weight excluding hydrogens is 522 g/mol. The van der Waals surface area contributed by atoms with Crippen LogP contribution in [0.15, 0.2) is 40.7 Å². The Labute approximate surface area is 218 Å². The second kappa shape index (κ2) is 9.03. The van der Waals surface area contributed by atoms with Crippen molar-refractivity contribution in [1.82, 2.24) is 25.1 Å². The number of carbonyl (C=O) groups is 3. The van der Waals surface area contributed by atoms with Gasteiger partial charge in [-0.3, -0.25) is 14.5 Å². The lowest BCUT2D eigenvalue weighted by Gasteiger charge is -2.54. The highest BCUT2D eigenvalue weighted by Crippen LogP contribution is 2.55. The van der Waals surface area contributed by atoms with E-state index in [0.29, 0.717) is 5.56 Å². The van der Waals surface area contributed by atoms with E-state index in [-0.39, 0.29) is 28.4 Å². The number of carboxylic acids is 1. The van der Waals surface area contributed by atoms with Gasteiger partial charge in [-0.1, -0.05) is 44.7 Å². The fraction of sp³-hybridized carbons (Fsp3) is 0.478. The van der Waals surface area contributed by atoms with Crippen LogP contribution in [0, 0.1) is 5.41 Å². The fourth-order valence-corrected chi connectivity index (χ4v) is 8.83. The van der Waals surface area contributed by atoms with Crippen LogP contribution in [0.3, 0.4) is 0 Å². The number of aromatic carboxylic acids is 1. The Morgan fingerprint density at radius 3 is 2.32 bits per heavy atom. The molecule has 3 heterocycles. The normalized spacial score (nSPS) is 25.0. The molecule has 0 bridgehead atoms. The molecule has 1 N–H and O–H groups in total. The van der Waals surface area contributed by atoms with Gasteiger partial charge in [0.25, 0.3) is 5.91 Å². The van der Waals surface area contributed by atoms with E-state index in [0.717, 1.165) is 16.7 Å². The van der Waals surface area contributed by atoms with Gasteiger partial charge in [0.2, 0.25) is 5.16 Å². The first kappa shape index (κ1) is 26.9. The number of aromatic nitrogens is 4. The number of tetrazole rings is 1. The quantitative estimate of drug-likeness (QED) is 0.497. The summed E-state index contributed by atoms with van der Waals surface area (Å²) in [7, 11) is -1.48. The van der Waals surface area contributed by atoms with Gasteiger partial charge < -0.3 is 9.84 Å². The van der Waals surface area contributed by atoms with Crippen LogP contribution in [0.5, 0.6) is 0 Å². The summed E-state index contributed by atoms with van der Waals surface area (Å²) in [5.74, 6) is -2.12. The molecule has 2 aliphatic rings. The number of amides is 1. The van der Waals surface area contributed by atoms with Crippen LogP contribution in [0.1, 0.15) is 43.6 Å². The van der Waals surface area contributed by atoms with Crippen LogP contribution in [0.25, 0.3) is 0 Å². The number of fused-ring (bicyclic) bond motifs is 1. The number of β-lactam (4-membered cyclic amide) rings is 1. The maximum atomic E-state index is 14.4. The van der Waals surface area contributed by atoms with Crippen molar-refractivity contribution in [1.29, 1.82) is 0 Å². The summed E-state index contributed by atoms with van der Waals surface area (Å²) >= 11 is 0.870. The molecule has 1 saturated heterocycles. The molecule has 1 aromatic heterocycles. The summed E-state index contributed by atoms with van der Waals surface area (Å²) in [6.07, 6.45) is -1.43. The van der Waals surface area contributed by atoms with Crippen LogP contribution >= 0.6 is 11.8 Å². The summed E-state index contributed by atoms with van der Waals surface area (Å²) < 4.78 is 33.7. The molecule has 3 atom stereocenters. The van der Waals surface area contributed by atoms with Crippen LogP contribution in [0.4, 0.5) is 0 Å². The first-order valence-corrected chi connectivity index (χ1v) is 13.6. The van der Waals surface area contributed by atoms with Crippen molar-refractivity contribution in [2.24, 2.45) is 12.5 Å². The van der Waals surface area contributed by atoms with E-state index in [2.05, 4.69) is 15.5 Å². The van der Waals surface area contributed by atoms with Gasteiger partial charge in [-0.25, -0.2) is 17.9 Å². The molecule has 2 aliphatic heterocycles. The zero-order valence-corrected chi connectivity index (χ0v) is 22.8. The first-order valence-electron chi connectivity index (χ1n) is 11.3. The summed E-state index contributed by atoms with van der Waals surface area (Å²) in [5.41, 5.74) is -0.198. The molecule has 0 radical (unpaired) electrons. The summed E-state index contributed by atoms with van der Waals surface area (Å²) in [6.45, 7) is 6.61. The van der Waals surface area contributed by atoms with Crippen molar-refractivity contribution >= 4 is 39.3 Å². The lowest BCUT2D eigenvalue weighted by molar-refractivity contribution is -0.161. The highest BCUT2D eigenvalue weighted by molar-refractivity contribution is 8.15. The second-order valence-electron chi connectivity index (χ2n) is 9.97. The molecule has 1 amide bonds. The molecular formula is C23H27N5O7S2. The van der Waals surface area contributed by atoms with Crippen LogP contribution in [-0.4, -0.2) is 79.0 Å². The highest BCUT2D eigenvalue weighted by atomic mass is 32.3. The Morgan fingerprint density at radius 1 is 1.22 bits per heavy atom. The molecule has 2 aromatic rings. The van der Waals surface area contributed by atoms with Crippen molar-refractivity contribution in [2.75, 3.05) is 7.11 Å². The van der Waals surface area contributed by atoms with E-state index in [4.69, 9.17) is 4.74 Å². The van der Waals surface area contributed by atoms with Gasteiger partial charge in [-0.05, 0) is 40.6 Å². The third-order valence-electron chi connectivity index (χ3n) is 6.56. The monoisotopic (exact) mass is 549 g/mol. The molecule has 37 heavy (non-hydrogen) atoms. The molecule has 12 nitrogen and oxygen atoms in total. The third kappa shape index (κ3) is 4.07. The number of ether oxygens (including phenoxy) is 1. The maximum Gasteiger partial charge on any atom is 0.335 e. The number of carboxylic acid groups (broad SMARTS) is 1. The van der Waals surface area contributed by atoms with Crippen molar-refractivity contribution in [3.05, 3.63) is 46.7 Å². The number of allylic oxidation sites excluding steroid dienone is 1. The van der Waals surface area contributed by atoms with E-state index in [1.165, 1.54) is 43.0 Å². The number of nitrogens with zero attached hydrogens (tertiary/aromatic N) is 5. The molecule has 14 heteroatoms. The third-order valence-corrected chi connectivity index (χ3v) is 11.3. The van der Waals surface area contributed by atoms with Gasteiger partial charge >= 0.3 is 5.97 Å². The predicted octanol–water partition coefficient (Wildman–Crippen LogP) is 1.44. The molecule has 0 spiro atoms. The summed E-state index contributed by atoms with van der Waals surface area (Å²) in [4.78, 5) is 39.1. The number of sulfone groups is 1. The lowest BCUT2D eigenvalue weighted by Crippen LogP contribution is -2.74. The zero-order valence-electron chi connectivity index (χ0n) is 21.1. The Morgan fingerprint density at radius 2 is 1.84 bits per heavy atom. The summed E-state index contributed by atoms with van der Waals surface area (Å²) in [6, 6.07) is 5.82. The van der Waals surface area contributed by atoms with E-state index in [1.807, 2.05) is 0 Å². The zero-order chi connectivity index (χ0) is 27.5. The Bertz CT molecular complexity index is 1430. The Hall–Kier alpha value is -3.10. The largest absolute Gasteiger partial charge is 0.478 e. The molecule has 4 rings (SSSR count). The lowest BCUT2D eigenvalue weighted by atomic mass is 9.84. The second-order valence-corrected chi connectivity index (χ2v) is 13.8. The SMILES string of the molecule is CO[C@H]1C(=O)N2C(C(=O)C(C)(C)C)=C(C)C(Cc3ccc(C(=O)O)cc3)(Sc3nnnn3C)S(=O)(=O)[C@@H]12. The number of benzene rings is 1. The van der Waals surface area contributed by atoms with Crippen LogP contribution < -0.4 is 0 Å². The molecule has 0 aliphatic carbocycles. The number of rotatable bonds is 7. The number of carbonyl (C=O) groups excluding carboxylic acids is 2. The molecule has 1 fully saturated rings. The number of ketones is 1. The predicted molar refractivity (Wildman–Crippen MR) is 132 cm³/mol. The van der Waals surface area contributed by atoms with Crippen molar-refractivity contribution < 1.29 is 32.6 Å². The number of Topliss-reactive ketones (excluding diaryl/α,β-unsaturated/α-hetero) is 1. The van der Waals surface area contributed by atoms with Crippen LogP contribution in [0.2, 0.25) is 0 Å². The maximum absolute atomic E-state index is 14.4. The first-order chi connectivity index (χ1) is 17.2. The van der Waals surface area contributed by atoms with Gasteiger partial charge in [0.15, 0.2) is 31.2 Å². The minimum atomic E-state index is -4.29. The van der Waals surface area contributed by atoms with Gasteiger partial charge in [0, 0.05) is 26.0 Å². The minimum absolute atomic E-state index is 0.00964. The fourth-order valence-electron chi connectivity index (χ4n) is 4.49. The van der Waals surface area contributed by atoms with Gasteiger partial charge in [0.05, 0.1) is 11.3 Å². The Balaban J connectivity index is 2.01. The van der Waals surface area contributed by atoms with Crippen molar-refractivity contribution in [3.8, 4) is 0 Å². The average molecular weight is 550 g/mol. The topological polar surface area (TPSA) is 162 Å². The van der Waals surface area contributed by atoms with E-state index in [9.17, 15) is 27.9 Å². The smallest absolute Gasteiger partial charge is 0.335 e. The van der Waals surface area contributed by atoms with E-state index in [1.54, 1.807) is 27.8 Å².